The van der Waals surface area contributed by atoms with Crippen LogP contribution in [0.2, 0.25) is 0 Å². The largest absolute Gasteiger partial charge is 0.351 e. The van der Waals surface area contributed by atoms with E-state index in [0.29, 0.717) is 0 Å². The number of aryl methyl sites for hydroxylation is 2. The van der Waals surface area contributed by atoms with Crippen molar-refractivity contribution in [2.45, 2.75) is 20.3 Å². The summed E-state index contributed by atoms with van der Waals surface area (Å²) < 4.78 is 0. The summed E-state index contributed by atoms with van der Waals surface area (Å²) >= 11 is 0. The molecule has 2 rings (SSSR count). The summed E-state index contributed by atoms with van der Waals surface area (Å²) in [4.78, 5) is 2.25. The maximum absolute atomic E-state index is 4.20. The first-order valence-corrected chi connectivity index (χ1v) is 4.98. The van der Waals surface area contributed by atoms with Crippen molar-refractivity contribution in [2.24, 2.45) is 0 Å². The van der Waals surface area contributed by atoms with Crippen molar-refractivity contribution in [1.29, 1.82) is 0 Å². The van der Waals surface area contributed by atoms with Crippen molar-refractivity contribution in [3.63, 3.8) is 0 Å². The maximum Gasteiger partial charge on any atom is 0.151 e. The average molecular weight is 189 g/mol. The van der Waals surface area contributed by atoms with Gasteiger partial charge in [-0.3, -0.25) is 0 Å². The Labute approximate surface area is 84.5 Å². The number of anilines is 1. The van der Waals surface area contributed by atoms with E-state index in [2.05, 4.69) is 40.2 Å². The molecule has 0 unspecified atom stereocenters. The maximum atomic E-state index is 4.20. The van der Waals surface area contributed by atoms with Crippen LogP contribution < -0.4 is 4.90 Å². The van der Waals surface area contributed by atoms with Crippen LogP contribution >= 0.6 is 0 Å². The second kappa shape index (κ2) is 3.78. The Balaban J connectivity index is 2.23. The highest BCUT2D eigenvalue weighted by Gasteiger charge is 2.09. The molecule has 0 fully saturated rings. The molecule has 1 aliphatic rings. The van der Waals surface area contributed by atoms with Crippen LogP contribution in [0.1, 0.15) is 17.7 Å². The van der Waals surface area contributed by atoms with Gasteiger partial charge < -0.3 is 4.90 Å². The molecular weight excluding hydrogens is 174 g/mol. The summed E-state index contributed by atoms with van der Waals surface area (Å²) in [5.74, 6) is 0.998. The smallest absolute Gasteiger partial charge is 0.151 e. The Hall–Kier alpha value is -1.38. The molecule has 3 heteroatoms. The van der Waals surface area contributed by atoms with Gasteiger partial charge in [-0.05, 0) is 31.9 Å². The minimum absolute atomic E-state index is 0.956. The van der Waals surface area contributed by atoms with Crippen LogP contribution in [0.4, 0.5) is 5.82 Å². The Morgan fingerprint density at radius 1 is 1.21 bits per heavy atom. The minimum atomic E-state index is 0.956. The standard InChI is InChI=1S/C11H15N3/c1-9-8-11(13-12-10(9)2)14-6-4-3-5-7-14/h3-4,8H,5-7H2,1-2H3. The van der Waals surface area contributed by atoms with Gasteiger partial charge in [-0.15, -0.1) is 5.10 Å². The van der Waals surface area contributed by atoms with E-state index in [-0.39, 0.29) is 0 Å². The molecule has 0 spiro atoms. The Bertz CT molecular complexity index is 358. The third-order valence-electron chi connectivity index (χ3n) is 2.60. The first-order chi connectivity index (χ1) is 6.77. The third kappa shape index (κ3) is 1.76. The molecule has 0 saturated heterocycles. The van der Waals surface area contributed by atoms with Crippen LogP contribution in [0, 0.1) is 13.8 Å². The van der Waals surface area contributed by atoms with Gasteiger partial charge in [-0.2, -0.15) is 5.10 Å². The molecule has 1 aromatic heterocycles. The molecule has 0 aromatic carbocycles. The van der Waals surface area contributed by atoms with Crippen LogP contribution in [-0.2, 0) is 0 Å². The number of hydrogen-bond donors (Lipinski definition) is 0. The van der Waals surface area contributed by atoms with Gasteiger partial charge in [0.1, 0.15) is 0 Å². The van der Waals surface area contributed by atoms with Gasteiger partial charge in [0.05, 0.1) is 5.69 Å². The van der Waals surface area contributed by atoms with Crippen molar-refractivity contribution in [1.82, 2.24) is 10.2 Å². The van der Waals surface area contributed by atoms with Crippen LogP contribution in [0.3, 0.4) is 0 Å². The molecule has 0 saturated carbocycles. The molecule has 74 valence electrons. The van der Waals surface area contributed by atoms with Crippen molar-refractivity contribution in [2.75, 3.05) is 18.0 Å². The SMILES string of the molecule is Cc1cc(N2CC=CCC2)nnc1C. The monoisotopic (exact) mass is 189 g/mol. The van der Waals surface area contributed by atoms with E-state index in [9.17, 15) is 0 Å². The summed E-state index contributed by atoms with van der Waals surface area (Å²) in [6.45, 7) is 6.07. The highest BCUT2D eigenvalue weighted by atomic mass is 15.3. The van der Waals surface area contributed by atoms with Gasteiger partial charge in [-0.25, -0.2) is 0 Å². The number of nitrogens with zero attached hydrogens (tertiary/aromatic N) is 3. The lowest BCUT2D eigenvalue weighted by atomic mass is 10.2. The quantitative estimate of drug-likeness (QED) is 0.631. The van der Waals surface area contributed by atoms with E-state index in [0.717, 1.165) is 31.0 Å². The second-order valence-corrected chi connectivity index (χ2v) is 3.68. The van der Waals surface area contributed by atoms with E-state index in [1.165, 1.54) is 5.56 Å². The van der Waals surface area contributed by atoms with Crippen molar-refractivity contribution >= 4 is 5.82 Å². The van der Waals surface area contributed by atoms with Gasteiger partial charge in [0.2, 0.25) is 0 Å². The van der Waals surface area contributed by atoms with Crippen molar-refractivity contribution in [3.05, 3.63) is 29.5 Å². The van der Waals surface area contributed by atoms with Gasteiger partial charge >= 0.3 is 0 Å². The molecule has 0 aliphatic carbocycles. The summed E-state index contributed by atoms with van der Waals surface area (Å²) in [5.41, 5.74) is 2.23. The first kappa shape index (κ1) is 9.19. The predicted octanol–water partition coefficient (Wildman–Crippen LogP) is 1.86. The molecular formula is C11H15N3. The zero-order chi connectivity index (χ0) is 9.97. The highest BCUT2D eigenvalue weighted by molar-refractivity contribution is 5.42. The van der Waals surface area contributed by atoms with Crippen molar-refractivity contribution in [3.8, 4) is 0 Å². The van der Waals surface area contributed by atoms with E-state index < -0.39 is 0 Å². The average Bonchev–Trinajstić information content (AvgIpc) is 2.23. The van der Waals surface area contributed by atoms with Crippen molar-refractivity contribution < 1.29 is 0 Å². The Kier molecular flexibility index (Phi) is 2.48. The fourth-order valence-corrected chi connectivity index (χ4v) is 1.54. The van der Waals surface area contributed by atoms with E-state index in [1.54, 1.807) is 0 Å². The second-order valence-electron chi connectivity index (χ2n) is 3.68. The fraction of sp³-hybridized carbons (Fsp3) is 0.455. The Morgan fingerprint density at radius 3 is 2.71 bits per heavy atom. The molecule has 0 amide bonds. The normalized spacial score (nSPS) is 16.0. The van der Waals surface area contributed by atoms with Gasteiger partial charge in [0.25, 0.3) is 0 Å². The minimum Gasteiger partial charge on any atom is -0.351 e. The molecule has 0 atom stereocenters. The Morgan fingerprint density at radius 2 is 2.07 bits per heavy atom. The topological polar surface area (TPSA) is 29.0 Å². The van der Waals surface area contributed by atoms with Crippen LogP contribution in [0.25, 0.3) is 0 Å². The molecule has 0 radical (unpaired) electrons. The molecule has 1 aliphatic heterocycles. The zero-order valence-electron chi connectivity index (χ0n) is 8.70. The van der Waals surface area contributed by atoms with Crippen LogP contribution in [-0.4, -0.2) is 23.3 Å². The van der Waals surface area contributed by atoms with E-state index in [4.69, 9.17) is 0 Å². The molecule has 1 aromatic rings. The summed E-state index contributed by atoms with van der Waals surface area (Å²) in [7, 11) is 0. The van der Waals surface area contributed by atoms with Gasteiger partial charge in [0.15, 0.2) is 5.82 Å². The highest BCUT2D eigenvalue weighted by Crippen LogP contribution is 2.15. The molecule has 3 nitrogen and oxygen atoms in total. The van der Waals surface area contributed by atoms with Crippen LogP contribution in [0.5, 0.6) is 0 Å². The number of hydrogen-bond acceptors (Lipinski definition) is 3. The lowest BCUT2D eigenvalue weighted by Gasteiger charge is -2.24. The van der Waals surface area contributed by atoms with E-state index >= 15 is 0 Å². The summed E-state index contributed by atoms with van der Waals surface area (Å²) in [5, 5.41) is 8.34. The predicted molar refractivity (Wildman–Crippen MR) is 57.5 cm³/mol. The molecule has 14 heavy (non-hydrogen) atoms. The number of aromatic nitrogens is 2. The number of rotatable bonds is 1. The lowest BCUT2D eigenvalue weighted by molar-refractivity contribution is 0.784. The molecule has 2 heterocycles. The molecule has 0 N–H and O–H groups in total. The van der Waals surface area contributed by atoms with Gasteiger partial charge in [-0.1, -0.05) is 12.2 Å². The van der Waals surface area contributed by atoms with E-state index in [1.807, 2.05) is 6.92 Å². The zero-order valence-corrected chi connectivity index (χ0v) is 8.70. The molecule has 0 bridgehead atoms. The van der Waals surface area contributed by atoms with Crippen LogP contribution in [0.15, 0.2) is 18.2 Å². The first-order valence-electron chi connectivity index (χ1n) is 4.98. The summed E-state index contributed by atoms with van der Waals surface area (Å²) in [6, 6.07) is 2.11. The summed E-state index contributed by atoms with van der Waals surface area (Å²) in [6.07, 6.45) is 5.50. The van der Waals surface area contributed by atoms with Gasteiger partial charge in [0, 0.05) is 13.1 Å². The lowest BCUT2D eigenvalue weighted by Crippen LogP contribution is -2.28. The third-order valence-corrected chi connectivity index (χ3v) is 2.60. The fourth-order valence-electron chi connectivity index (χ4n) is 1.54.